The van der Waals surface area contributed by atoms with Gasteiger partial charge >= 0.3 is 11.9 Å². The smallest absolute Gasteiger partial charge is 0.311 e. The highest BCUT2D eigenvalue weighted by atomic mass is 16.5. The van der Waals surface area contributed by atoms with Crippen LogP contribution in [0.25, 0.3) is 22.3 Å². The third-order valence-corrected chi connectivity index (χ3v) is 9.77. The van der Waals surface area contributed by atoms with Crippen LogP contribution in [0.3, 0.4) is 0 Å². The predicted octanol–water partition coefficient (Wildman–Crippen LogP) is 7.39. The highest BCUT2D eigenvalue weighted by Gasteiger charge is 2.27. The van der Waals surface area contributed by atoms with Crippen LogP contribution in [0, 0.1) is 23.7 Å². The van der Waals surface area contributed by atoms with E-state index >= 15 is 0 Å². The summed E-state index contributed by atoms with van der Waals surface area (Å²) < 4.78 is 15.7. The summed E-state index contributed by atoms with van der Waals surface area (Å²) in [4.78, 5) is 24.4. The van der Waals surface area contributed by atoms with Crippen molar-refractivity contribution >= 4 is 25.8 Å². The van der Waals surface area contributed by atoms with E-state index < -0.39 is 25.7 Å². The SMILES string of the molecule is CCOC(=O)[C@H](CO)C[C@H](CB(C)O)Cc1ccc(-c2ccccc2)cc1.CCOC(=O)[C@H](COCCO)C[C@H](CB(C)O)Cc1ccc(-c2ccccc2)cc1. The lowest BCUT2D eigenvalue weighted by Crippen LogP contribution is -2.28. The minimum absolute atomic E-state index is 0.0829. The highest BCUT2D eigenvalue weighted by molar-refractivity contribution is 6.48. The van der Waals surface area contributed by atoms with Crippen LogP contribution in [-0.2, 0) is 36.6 Å². The first-order chi connectivity index (χ1) is 27.6. The molecule has 0 spiro atoms. The molecular formula is C46H62B2O9. The second-order valence-electron chi connectivity index (χ2n) is 14.8. The lowest BCUT2D eigenvalue weighted by atomic mass is 9.62. The average Bonchev–Trinajstić information content (AvgIpc) is 3.20. The summed E-state index contributed by atoms with van der Waals surface area (Å²) in [7, 11) is 0. The summed E-state index contributed by atoms with van der Waals surface area (Å²) in [6, 6.07) is 37.2. The molecule has 0 fully saturated rings. The Bertz CT molecular complexity index is 1670. The third kappa shape index (κ3) is 17.8. The summed E-state index contributed by atoms with van der Waals surface area (Å²) >= 11 is 0. The van der Waals surface area contributed by atoms with Crippen molar-refractivity contribution < 1.29 is 44.1 Å². The van der Waals surface area contributed by atoms with Crippen molar-refractivity contribution in [2.45, 2.75) is 65.8 Å². The number of carbonyl (C=O) groups excluding carboxylic acids is 2. The number of rotatable bonds is 23. The average molecular weight is 781 g/mol. The molecule has 0 bridgehead atoms. The molecule has 306 valence electrons. The van der Waals surface area contributed by atoms with Gasteiger partial charge in [0, 0.05) is 0 Å². The maximum atomic E-state index is 12.4. The Balaban J connectivity index is 0.000000307. The highest BCUT2D eigenvalue weighted by Crippen LogP contribution is 2.28. The first-order valence-electron chi connectivity index (χ1n) is 20.3. The molecule has 0 saturated heterocycles. The molecule has 0 aliphatic heterocycles. The van der Waals surface area contributed by atoms with Gasteiger partial charge in [0.2, 0.25) is 0 Å². The molecule has 9 nitrogen and oxygen atoms in total. The number of carbonyl (C=O) groups is 2. The van der Waals surface area contributed by atoms with Crippen LogP contribution in [0.1, 0.15) is 37.8 Å². The molecule has 11 heteroatoms. The molecule has 4 aromatic carbocycles. The van der Waals surface area contributed by atoms with Crippen LogP contribution >= 0.6 is 0 Å². The van der Waals surface area contributed by atoms with E-state index in [1.165, 1.54) is 16.7 Å². The van der Waals surface area contributed by atoms with E-state index in [1.807, 2.05) is 36.4 Å². The van der Waals surface area contributed by atoms with E-state index in [2.05, 4.69) is 72.8 Å². The molecule has 4 N–H and O–H groups in total. The zero-order chi connectivity index (χ0) is 41.4. The quantitative estimate of drug-likeness (QED) is 0.0344. The van der Waals surface area contributed by atoms with E-state index in [9.17, 15) is 24.7 Å². The number of hydrogen-bond donors (Lipinski definition) is 4. The fraction of sp³-hybridized carbons (Fsp3) is 0.435. The van der Waals surface area contributed by atoms with Crippen molar-refractivity contribution in [3.63, 3.8) is 0 Å². The standard InChI is InChI=1S/C24H33BO5.C22H29BO4/c1-3-30-24(27)23(18-29-14-13-26)16-20(17-25(2)28)15-19-9-11-22(12-10-19)21-7-5-4-6-8-21;1-3-27-22(25)21(16-24)14-18(15-23(2)26)13-17-9-11-20(12-10-17)19-7-5-4-6-8-19/h4-12,20,23,26,28H,3,13-18H2,1-2H3;4-12,18,21,24,26H,3,13-16H2,1-2H3/t20-,23+;18-,21+/m11/s1. The summed E-state index contributed by atoms with van der Waals surface area (Å²) in [5.74, 6) is -1.41. The van der Waals surface area contributed by atoms with Gasteiger partial charge in [-0.2, -0.15) is 0 Å². The van der Waals surface area contributed by atoms with Crippen molar-refractivity contribution in [2.24, 2.45) is 23.7 Å². The molecule has 0 aliphatic rings. The molecule has 4 aromatic rings. The predicted molar refractivity (Wildman–Crippen MR) is 230 cm³/mol. The zero-order valence-corrected chi connectivity index (χ0v) is 34.2. The monoisotopic (exact) mass is 780 g/mol. The molecule has 0 saturated carbocycles. The minimum Gasteiger partial charge on any atom is -0.466 e. The fourth-order valence-corrected chi connectivity index (χ4v) is 7.18. The van der Waals surface area contributed by atoms with E-state index in [0.717, 1.165) is 29.5 Å². The van der Waals surface area contributed by atoms with E-state index in [4.69, 9.17) is 19.3 Å². The van der Waals surface area contributed by atoms with E-state index in [-0.39, 0.29) is 50.2 Å². The molecule has 0 heterocycles. The topological polar surface area (TPSA) is 143 Å². The minimum atomic E-state index is -0.544. The number of benzene rings is 4. The number of ether oxygens (including phenoxy) is 3. The third-order valence-electron chi connectivity index (χ3n) is 9.77. The Kier molecular flexibility index (Phi) is 22.0. The van der Waals surface area contributed by atoms with E-state index in [0.29, 0.717) is 38.7 Å². The molecule has 0 radical (unpaired) electrons. The second-order valence-corrected chi connectivity index (χ2v) is 14.8. The van der Waals surface area contributed by atoms with Crippen LogP contribution in [0.2, 0.25) is 26.3 Å². The van der Waals surface area contributed by atoms with E-state index in [1.54, 1.807) is 27.5 Å². The molecule has 4 rings (SSSR count). The molecule has 0 amide bonds. The van der Waals surface area contributed by atoms with Crippen molar-refractivity contribution in [1.29, 1.82) is 0 Å². The molecule has 57 heavy (non-hydrogen) atoms. The molecule has 0 aromatic heterocycles. The molecule has 0 unspecified atom stereocenters. The van der Waals surface area contributed by atoms with Crippen molar-refractivity contribution in [1.82, 2.24) is 0 Å². The first-order valence-corrected chi connectivity index (χ1v) is 20.3. The molecule has 0 aliphatic carbocycles. The van der Waals surface area contributed by atoms with Crippen LogP contribution in [-0.4, -0.2) is 85.7 Å². The van der Waals surface area contributed by atoms with Crippen molar-refractivity contribution in [2.75, 3.05) is 39.6 Å². The number of hydrogen-bond acceptors (Lipinski definition) is 9. The van der Waals surface area contributed by atoms with Crippen molar-refractivity contribution in [3.05, 3.63) is 120 Å². The normalized spacial score (nSPS) is 13.0. The number of esters is 2. The fourth-order valence-electron chi connectivity index (χ4n) is 7.18. The number of aliphatic hydroxyl groups is 2. The second kappa shape index (κ2) is 26.6. The Labute approximate surface area is 340 Å². The maximum absolute atomic E-state index is 12.4. The summed E-state index contributed by atoms with van der Waals surface area (Å²) in [5, 5.41) is 38.3. The van der Waals surface area contributed by atoms with Gasteiger partial charge in [0.05, 0.1) is 51.5 Å². The summed E-state index contributed by atoms with van der Waals surface area (Å²) in [6.07, 6.45) is 3.74. The first kappa shape index (κ1) is 47.1. The van der Waals surface area contributed by atoms with Gasteiger partial charge in [-0.15, -0.1) is 0 Å². The summed E-state index contributed by atoms with van der Waals surface area (Å²) in [6.45, 7) is 6.85. The van der Waals surface area contributed by atoms with Crippen LogP contribution in [0.5, 0.6) is 0 Å². The molecule has 4 atom stereocenters. The lowest BCUT2D eigenvalue weighted by Gasteiger charge is -2.23. The Morgan fingerprint density at radius 1 is 0.579 bits per heavy atom. The largest absolute Gasteiger partial charge is 0.466 e. The Hall–Kier alpha value is -4.25. The summed E-state index contributed by atoms with van der Waals surface area (Å²) in [5.41, 5.74) is 6.99. The number of aliphatic hydroxyl groups excluding tert-OH is 2. The van der Waals surface area contributed by atoms with Gasteiger partial charge in [0.1, 0.15) is 0 Å². The van der Waals surface area contributed by atoms with Gasteiger partial charge in [-0.1, -0.05) is 123 Å². The van der Waals surface area contributed by atoms with Crippen molar-refractivity contribution in [3.8, 4) is 22.3 Å². The Morgan fingerprint density at radius 3 is 1.33 bits per heavy atom. The van der Waals surface area contributed by atoms with Crippen LogP contribution in [0.4, 0.5) is 0 Å². The maximum Gasteiger partial charge on any atom is 0.311 e. The zero-order valence-electron chi connectivity index (χ0n) is 34.2. The van der Waals surface area contributed by atoms with Gasteiger partial charge in [0.15, 0.2) is 0 Å². The lowest BCUT2D eigenvalue weighted by molar-refractivity contribution is -0.151. The van der Waals surface area contributed by atoms with Gasteiger partial charge in [-0.05, 0) is 97.4 Å². The Morgan fingerprint density at radius 2 is 0.965 bits per heavy atom. The van der Waals surface area contributed by atoms with Crippen LogP contribution < -0.4 is 0 Å². The van der Waals surface area contributed by atoms with Gasteiger partial charge in [-0.3, -0.25) is 9.59 Å². The van der Waals surface area contributed by atoms with Crippen LogP contribution in [0.15, 0.2) is 109 Å². The van der Waals surface area contributed by atoms with Gasteiger partial charge in [0.25, 0.3) is 13.8 Å². The molecular weight excluding hydrogens is 718 g/mol. The van der Waals surface area contributed by atoms with Gasteiger partial charge in [-0.25, -0.2) is 0 Å². The van der Waals surface area contributed by atoms with Gasteiger partial charge < -0.3 is 34.5 Å².